The number of hydrogen-bond donors (Lipinski definition) is 1. The molecule has 0 atom stereocenters. The van der Waals surface area contributed by atoms with E-state index in [1.165, 1.54) is 7.11 Å². The van der Waals surface area contributed by atoms with Gasteiger partial charge in [0.25, 0.3) is 0 Å². The molecule has 0 fully saturated rings. The summed E-state index contributed by atoms with van der Waals surface area (Å²) < 4.78 is 4.93. The van der Waals surface area contributed by atoms with Gasteiger partial charge in [0.1, 0.15) is 0 Å². The monoisotopic (exact) mass is 154 g/mol. The summed E-state index contributed by atoms with van der Waals surface area (Å²) in [6.07, 6.45) is 0. The lowest BCUT2D eigenvalue weighted by Gasteiger charge is -2.04. The predicted octanol–water partition coefficient (Wildman–Crippen LogP) is 1.86. The second-order valence-electron chi connectivity index (χ2n) is 2.25. The lowest BCUT2D eigenvalue weighted by atomic mass is 10.2. The summed E-state index contributed by atoms with van der Waals surface area (Å²) in [7, 11) is 1.53. The molecule has 3 nitrogen and oxygen atoms in total. The molecule has 0 spiro atoms. The number of aryl methyl sites for hydroxylation is 1. The van der Waals surface area contributed by atoms with Gasteiger partial charge in [-0.15, -0.1) is 0 Å². The Hall–Kier alpha value is -1.22. The maximum atomic E-state index is 8.36. The van der Waals surface area contributed by atoms with Crippen LogP contribution in [0.1, 0.15) is 5.56 Å². The summed E-state index contributed by atoms with van der Waals surface area (Å²) in [5.74, 6) is 0.866. The zero-order chi connectivity index (χ0) is 8.27. The Balaban J connectivity index is 3.06. The highest BCUT2D eigenvalue weighted by Gasteiger charge is 2.02. The minimum absolute atomic E-state index is 0.332. The van der Waals surface area contributed by atoms with Crippen molar-refractivity contribution in [3.8, 4) is 11.5 Å². The van der Waals surface area contributed by atoms with Gasteiger partial charge in [0, 0.05) is 0 Å². The molecule has 1 aromatic rings. The molecular weight excluding hydrogens is 144 g/mol. The van der Waals surface area contributed by atoms with Crippen molar-refractivity contribution in [2.75, 3.05) is 7.11 Å². The first-order valence-electron chi connectivity index (χ1n) is 3.24. The molecule has 60 valence electrons. The molecule has 1 N–H and O–H groups in total. The Morgan fingerprint density at radius 1 is 1.27 bits per heavy atom. The van der Waals surface area contributed by atoms with E-state index in [0.717, 1.165) is 5.56 Å². The Labute approximate surface area is 65.1 Å². The van der Waals surface area contributed by atoms with Crippen molar-refractivity contribution in [1.82, 2.24) is 0 Å². The van der Waals surface area contributed by atoms with Crippen molar-refractivity contribution < 1.29 is 14.9 Å². The number of ether oxygens (including phenoxy) is 1. The van der Waals surface area contributed by atoms with Gasteiger partial charge in [-0.1, -0.05) is 6.07 Å². The van der Waals surface area contributed by atoms with Crippen LogP contribution in [0.5, 0.6) is 11.5 Å². The first-order chi connectivity index (χ1) is 5.27. The third-order valence-electron chi connectivity index (χ3n) is 1.42. The largest absolute Gasteiger partial charge is 0.493 e. The minimum Gasteiger partial charge on any atom is -0.493 e. The lowest BCUT2D eigenvalue weighted by Crippen LogP contribution is -1.90. The maximum Gasteiger partial charge on any atom is 0.206 e. The number of benzene rings is 1. The van der Waals surface area contributed by atoms with Crippen LogP contribution in [0.15, 0.2) is 18.2 Å². The fraction of sp³-hybridized carbons (Fsp3) is 0.250. The van der Waals surface area contributed by atoms with E-state index in [1.807, 2.05) is 13.0 Å². The quantitative estimate of drug-likeness (QED) is 0.522. The third-order valence-corrected chi connectivity index (χ3v) is 1.42. The standard InChI is InChI=1S/C8H10O3/c1-6-3-4-7(11-9)8(5-6)10-2/h3-5,9H,1-2H3. The van der Waals surface area contributed by atoms with E-state index >= 15 is 0 Å². The van der Waals surface area contributed by atoms with E-state index < -0.39 is 0 Å². The molecule has 0 saturated carbocycles. The molecule has 0 unspecified atom stereocenters. The Morgan fingerprint density at radius 2 is 2.00 bits per heavy atom. The van der Waals surface area contributed by atoms with E-state index in [1.54, 1.807) is 12.1 Å². The molecule has 0 radical (unpaired) electrons. The summed E-state index contributed by atoms with van der Waals surface area (Å²) in [5, 5.41) is 8.36. The molecule has 1 rings (SSSR count). The molecule has 0 aliphatic rings. The molecule has 0 saturated heterocycles. The van der Waals surface area contributed by atoms with Crippen molar-refractivity contribution in [2.24, 2.45) is 0 Å². The topological polar surface area (TPSA) is 38.7 Å². The number of hydrogen-bond acceptors (Lipinski definition) is 3. The molecular formula is C8H10O3. The molecule has 11 heavy (non-hydrogen) atoms. The molecule has 1 aromatic carbocycles. The molecule has 0 aromatic heterocycles. The average molecular weight is 154 g/mol. The summed E-state index contributed by atoms with van der Waals surface area (Å²) in [5.41, 5.74) is 1.06. The summed E-state index contributed by atoms with van der Waals surface area (Å²) >= 11 is 0. The van der Waals surface area contributed by atoms with E-state index in [2.05, 4.69) is 4.89 Å². The zero-order valence-electron chi connectivity index (χ0n) is 6.50. The fourth-order valence-electron chi connectivity index (χ4n) is 0.850. The highest BCUT2D eigenvalue weighted by atomic mass is 17.1. The van der Waals surface area contributed by atoms with Gasteiger partial charge in [-0.25, -0.2) is 5.26 Å². The summed E-state index contributed by atoms with van der Waals surface area (Å²) in [6.45, 7) is 1.93. The van der Waals surface area contributed by atoms with Gasteiger partial charge in [0.2, 0.25) is 5.75 Å². The van der Waals surface area contributed by atoms with Crippen molar-refractivity contribution in [1.29, 1.82) is 0 Å². The highest BCUT2D eigenvalue weighted by molar-refractivity contribution is 5.41. The zero-order valence-corrected chi connectivity index (χ0v) is 6.50. The first-order valence-corrected chi connectivity index (χ1v) is 3.24. The van der Waals surface area contributed by atoms with Gasteiger partial charge in [0.05, 0.1) is 7.11 Å². The van der Waals surface area contributed by atoms with E-state index in [9.17, 15) is 0 Å². The van der Waals surface area contributed by atoms with E-state index in [4.69, 9.17) is 9.99 Å². The smallest absolute Gasteiger partial charge is 0.206 e. The van der Waals surface area contributed by atoms with Crippen LogP contribution in [-0.4, -0.2) is 12.4 Å². The van der Waals surface area contributed by atoms with Gasteiger partial charge in [-0.05, 0) is 24.6 Å². The van der Waals surface area contributed by atoms with Crippen LogP contribution in [-0.2, 0) is 0 Å². The predicted molar refractivity (Wildman–Crippen MR) is 41.0 cm³/mol. The van der Waals surface area contributed by atoms with Gasteiger partial charge < -0.3 is 9.62 Å². The van der Waals surface area contributed by atoms with Crippen LogP contribution < -0.4 is 9.62 Å². The summed E-state index contributed by atoms with van der Waals surface area (Å²) in [4.78, 5) is 4.07. The minimum atomic E-state index is 0.332. The van der Waals surface area contributed by atoms with Gasteiger partial charge >= 0.3 is 0 Å². The molecule has 3 heteroatoms. The summed E-state index contributed by atoms with van der Waals surface area (Å²) in [6, 6.07) is 5.26. The number of rotatable bonds is 2. The van der Waals surface area contributed by atoms with Crippen molar-refractivity contribution >= 4 is 0 Å². The molecule has 0 amide bonds. The molecule has 0 bridgehead atoms. The molecule has 0 aliphatic heterocycles. The van der Waals surface area contributed by atoms with Crippen LogP contribution >= 0.6 is 0 Å². The van der Waals surface area contributed by atoms with E-state index in [0.29, 0.717) is 11.5 Å². The Morgan fingerprint density at radius 3 is 2.55 bits per heavy atom. The van der Waals surface area contributed by atoms with Crippen molar-refractivity contribution in [3.63, 3.8) is 0 Å². The second-order valence-corrected chi connectivity index (χ2v) is 2.25. The van der Waals surface area contributed by atoms with Crippen LogP contribution in [0.3, 0.4) is 0 Å². The maximum absolute atomic E-state index is 8.36. The van der Waals surface area contributed by atoms with Crippen molar-refractivity contribution in [2.45, 2.75) is 6.92 Å². The van der Waals surface area contributed by atoms with E-state index in [-0.39, 0.29) is 0 Å². The lowest BCUT2D eigenvalue weighted by molar-refractivity contribution is -0.139. The Kier molecular flexibility index (Phi) is 2.33. The fourth-order valence-corrected chi connectivity index (χ4v) is 0.850. The van der Waals surface area contributed by atoms with Crippen LogP contribution in [0.2, 0.25) is 0 Å². The normalized spacial score (nSPS) is 9.36. The van der Waals surface area contributed by atoms with Gasteiger partial charge in [-0.2, -0.15) is 0 Å². The SMILES string of the molecule is COc1cc(C)ccc1OO. The average Bonchev–Trinajstić information content (AvgIpc) is 2.04. The molecule has 0 heterocycles. The van der Waals surface area contributed by atoms with Crippen molar-refractivity contribution in [3.05, 3.63) is 23.8 Å². The highest BCUT2D eigenvalue weighted by Crippen LogP contribution is 2.26. The van der Waals surface area contributed by atoms with Gasteiger partial charge in [-0.3, -0.25) is 0 Å². The molecule has 0 aliphatic carbocycles. The Bertz CT molecular complexity index is 245. The van der Waals surface area contributed by atoms with Crippen LogP contribution in [0.25, 0.3) is 0 Å². The van der Waals surface area contributed by atoms with Crippen LogP contribution in [0, 0.1) is 6.92 Å². The van der Waals surface area contributed by atoms with Gasteiger partial charge in [0.15, 0.2) is 5.75 Å². The third kappa shape index (κ3) is 1.62. The first kappa shape index (κ1) is 7.88. The van der Waals surface area contributed by atoms with Crippen LogP contribution in [0.4, 0.5) is 0 Å². The number of methoxy groups -OCH3 is 1. The second kappa shape index (κ2) is 3.25.